The molecule has 0 aromatic rings. The van der Waals surface area contributed by atoms with Gasteiger partial charge in [0, 0.05) is 25.7 Å². The van der Waals surface area contributed by atoms with E-state index in [4.69, 9.17) is 5.11 Å². The summed E-state index contributed by atoms with van der Waals surface area (Å²) in [6.45, 7) is 8.80. The van der Waals surface area contributed by atoms with E-state index in [0.717, 1.165) is 51.6 Å². The van der Waals surface area contributed by atoms with Gasteiger partial charge in [-0.1, -0.05) is 20.8 Å². The molecule has 1 aliphatic rings. The van der Waals surface area contributed by atoms with Gasteiger partial charge in [-0.3, -0.25) is 9.69 Å². The first-order valence-corrected chi connectivity index (χ1v) is 9.32. The number of carboxylic acids is 1. The van der Waals surface area contributed by atoms with Gasteiger partial charge in [0.2, 0.25) is 0 Å². The van der Waals surface area contributed by atoms with Crippen LogP contribution in [0.15, 0.2) is 0 Å². The highest BCUT2D eigenvalue weighted by molar-refractivity contribution is 5.74. The van der Waals surface area contributed by atoms with Crippen molar-refractivity contribution in [3.05, 3.63) is 0 Å². The Morgan fingerprint density at radius 2 is 1.79 bits per heavy atom. The highest BCUT2D eigenvalue weighted by Gasteiger charge is 2.27. The molecule has 1 fully saturated rings. The lowest BCUT2D eigenvalue weighted by atomic mass is 9.80. The number of likely N-dealkylation sites (tertiary alicyclic amines) is 1. The Hall–Kier alpha value is -1.30. The van der Waals surface area contributed by atoms with Crippen LogP contribution >= 0.6 is 0 Å². The topological polar surface area (TPSA) is 72.9 Å². The van der Waals surface area contributed by atoms with E-state index in [1.54, 1.807) is 0 Å². The summed E-state index contributed by atoms with van der Waals surface area (Å²) in [4.78, 5) is 27.1. The highest BCUT2D eigenvalue weighted by atomic mass is 16.4. The van der Waals surface area contributed by atoms with Crippen LogP contribution in [0, 0.1) is 5.41 Å². The summed E-state index contributed by atoms with van der Waals surface area (Å²) < 4.78 is 0. The van der Waals surface area contributed by atoms with Crippen molar-refractivity contribution < 1.29 is 14.7 Å². The number of amides is 2. The van der Waals surface area contributed by atoms with Crippen LogP contribution in [0.3, 0.4) is 0 Å². The van der Waals surface area contributed by atoms with E-state index >= 15 is 0 Å². The predicted molar refractivity (Wildman–Crippen MR) is 96.2 cm³/mol. The number of hydrogen-bond donors (Lipinski definition) is 2. The minimum absolute atomic E-state index is 0.0243. The fourth-order valence-electron chi connectivity index (χ4n) is 3.57. The van der Waals surface area contributed by atoms with Crippen LogP contribution in [-0.2, 0) is 4.79 Å². The van der Waals surface area contributed by atoms with Crippen LogP contribution in [0.4, 0.5) is 4.79 Å². The van der Waals surface area contributed by atoms with Gasteiger partial charge in [0.1, 0.15) is 0 Å². The van der Waals surface area contributed by atoms with Gasteiger partial charge >= 0.3 is 12.0 Å². The molecule has 0 bridgehead atoms. The average molecular weight is 341 g/mol. The third kappa shape index (κ3) is 5.96. The molecular weight excluding hydrogens is 306 g/mol. The standard InChI is InChI=1S/C18H35N3O3/c1-5-18(6-2,7-3)14-19-17(24)21-11-8-9-15(10-12-21)20(4)13-16(22)23/h15H,5-14H2,1-4H3,(H,19,24)(H,22,23). The summed E-state index contributed by atoms with van der Waals surface area (Å²) >= 11 is 0. The van der Waals surface area contributed by atoms with E-state index in [9.17, 15) is 9.59 Å². The van der Waals surface area contributed by atoms with Gasteiger partial charge in [-0.15, -0.1) is 0 Å². The van der Waals surface area contributed by atoms with Crippen LogP contribution in [0.25, 0.3) is 0 Å². The number of hydrogen-bond acceptors (Lipinski definition) is 3. The second-order valence-corrected chi connectivity index (χ2v) is 7.10. The molecule has 6 nitrogen and oxygen atoms in total. The first-order valence-electron chi connectivity index (χ1n) is 9.32. The van der Waals surface area contributed by atoms with Crippen molar-refractivity contribution in [3.63, 3.8) is 0 Å². The lowest BCUT2D eigenvalue weighted by molar-refractivity contribution is -0.138. The molecule has 1 aliphatic heterocycles. The van der Waals surface area contributed by atoms with Gasteiger partial charge in [0.05, 0.1) is 6.54 Å². The summed E-state index contributed by atoms with van der Waals surface area (Å²) in [5.41, 5.74) is 0.200. The summed E-state index contributed by atoms with van der Waals surface area (Å²) in [5, 5.41) is 12.1. The van der Waals surface area contributed by atoms with E-state index in [1.807, 2.05) is 16.8 Å². The van der Waals surface area contributed by atoms with Crippen LogP contribution in [0.5, 0.6) is 0 Å². The lowest BCUT2D eigenvalue weighted by Gasteiger charge is -2.32. The predicted octanol–water partition coefficient (Wildman–Crippen LogP) is 2.78. The molecule has 1 atom stereocenters. The van der Waals surface area contributed by atoms with E-state index in [2.05, 4.69) is 26.1 Å². The molecule has 6 heteroatoms. The summed E-state index contributed by atoms with van der Waals surface area (Å²) in [6.07, 6.45) is 5.91. The van der Waals surface area contributed by atoms with Gasteiger partial charge in [0.25, 0.3) is 0 Å². The largest absolute Gasteiger partial charge is 0.480 e. The number of nitrogens with one attached hydrogen (secondary N) is 1. The molecule has 1 saturated heterocycles. The van der Waals surface area contributed by atoms with Crippen molar-refractivity contribution in [2.24, 2.45) is 5.41 Å². The first kappa shape index (κ1) is 20.7. The van der Waals surface area contributed by atoms with Crippen molar-refractivity contribution in [2.45, 2.75) is 65.3 Å². The molecule has 1 rings (SSSR count). The number of urea groups is 1. The second kappa shape index (κ2) is 9.87. The first-order chi connectivity index (χ1) is 11.4. The number of likely N-dealkylation sites (N-methyl/N-ethyl adjacent to an activating group) is 1. The molecule has 0 aromatic heterocycles. The zero-order valence-electron chi connectivity index (χ0n) is 15.8. The number of carbonyl (C=O) groups excluding carboxylic acids is 1. The van der Waals surface area contributed by atoms with Gasteiger partial charge in [-0.2, -0.15) is 0 Å². The molecule has 24 heavy (non-hydrogen) atoms. The Bertz CT molecular complexity index is 402. The Kier molecular flexibility index (Phi) is 8.53. The van der Waals surface area contributed by atoms with Gasteiger partial charge < -0.3 is 15.3 Å². The van der Waals surface area contributed by atoms with Crippen LogP contribution in [0.2, 0.25) is 0 Å². The van der Waals surface area contributed by atoms with Crippen molar-refractivity contribution in [1.82, 2.24) is 15.1 Å². The maximum absolute atomic E-state index is 12.5. The summed E-state index contributed by atoms with van der Waals surface area (Å²) in [7, 11) is 1.85. The monoisotopic (exact) mass is 341 g/mol. The second-order valence-electron chi connectivity index (χ2n) is 7.10. The molecule has 0 spiro atoms. The van der Waals surface area contributed by atoms with Crippen molar-refractivity contribution in [2.75, 3.05) is 33.2 Å². The molecule has 1 unspecified atom stereocenters. The van der Waals surface area contributed by atoms with Gasteiger partial charge in [-0.05, 0) is 51.0 Å². The van der Waals surface area contributed by atoms with Crippen molar-refractivity contribution >= 4 is 12.0 Å². The summed E-state index contributed by atoms with van der Waals surface area (Å²) in [6, 6.07) is 0.260. The van der Waals surface area contributed by atoms with Crippen LogP contribution in [-0.4, -0.2) is 66.2 Å². The smallest absolute Gasteiger partial charge is 0.317 e. The van der Waals surface area contributed by atoms with Gasteiger partial charge in [-0.25, -0.2) is 4.79 Å². The molecule has 0 aliphatic carbocycles. The molecule has 2 N–H and O–H groups in total. The third-order valence-corrected chi connectivity index (χ3v) is 5.86. The van der Waals surface area contributed by atoms with Crippen LogP contribution in [0.1, 0.15) is 59.3 Å². The molecule has 0 radical (unpaired) electrons. The van der Waals surface area contributed by atoms with Gasteiger partial charge in [0.15, 0.2) is 0 Å². The Balaban J connectivity index is 2.51. The quantitative estimate of drug-likeness (QED) is 0.712. The number of carbonyl (C=O) groups is 2. The fourth-order valence-corrected chi connectivity index (χ4v) is 3.57. The number of carboxylic acid groups (broad SMARTS) is 1. The molecular formula is C18H35N3O3. The number of nitrogens with zero attached hydrogens (tertiary/aromatic N) is 2. The van der Waals surface area contributed by atoms with E-state index in [-0.39, 0.29) is 24.0 Å². The molecule has 0 saturated carbocycles. The van der Waals surface area contributed by atoms with E-state index in [0.29, 0.717) is 6.54 Å². The van der Waals surface area contributed by atoms with E-state index < -0.39 is 5.97 Å². The maximum Gasteiger partial charge on any atom is 0.317 e. The Morgan fingerprint density at radius 1 is 1.17 bits per heavy atom. The van der Waals surface area contributed by atoms with Crippen LogP contribution < -0.4 is 5.32 Å². The fraction of sp³-hybridized carbons (Fsp3) is 0.889. The molecule has 140 valence electrons. The highest BCUT2D eigenvalue weighted by Crippen LogP contribution is 2.29. The molecule has 0 aromatic carbocycles. The number of aliphatic carboxylic acids is 1. The van der Waals surface area contributed by atoms with Crippen molar-refractivity contribution in [3.8, 4) is 0 Å². The number of rotatable bonds is 8. The zero-order valence-corrected chi connectivity index (χ0v) is 15.8. The van der Waals surface area contributed by atoms with E-state index in [1.165, 1.54) is 0 Å². The lowest BCUT2D eigenvalue weighted by Crippen LogP contribution is -2.45. The average Bonchev–Trinajstić information content (AvgIpc) is 2.82. The SMILES string of the molecule is CCC(CC)(CC)CNC(=O)N1CCCC(N(C)CC(=O)O)CC1. The normalized spacial score (nSPS) is 19.2. The Morgan fingerprint density at radius 3 is 2.33 bits per heavy atom. The Labute approximate surface area is 146 Å². The molecule has 2 amide bonds. The molecule has 1 heterocycles. The zero-order chi connectivity index (χ0) is 18.2. The van der Waals surface area contributed by atoms with Crippen molar-refractivity contribution in [1.29, 1.82) is 0 Å². The third-order valence-electron chi connectivity index (χ3n) is 5.86. The summed E-state index contributed by atoms with van der Waals surface area (Å²) in [5.74, 6) is -0.800. The maximum atomic E-state index is 12.5. The minimum atomic E-state index is -0.800. The minimum Gasteiger partial charge on any atom is -0.480 e.